The van der Waals surface area contributed by atoms with Crippen LogP contribution in [-0.2, 0) is 22.2 Å². The lowest BCUT2D eigenvalue weighted by atomic mass is 10.0. The lowest BCUT2D eigenvalue weighted by Gasteiger charge is -2.49. The third-order valence-corrected chi connectivity index (χ3v) is 6.77. The summed E-state index contributed by atoms with van der Waals surface area (Å²) in [7, 11) is 0. The minimum Gasteiger partial charge on any atom is -0.446 e. The first-order chi connectivity index (χ1) is 16.9. The van der Waals surface area contributed by atoms with Crippen molar-refractivity contribution in [1.29, 1.82) is 0 Å². The second-order valence-corrected chi connectivity index (χ2v) is 9.26. The number of piperidine rings is 1. The number of rotatable bonds is 4. The first-order valence-electron chi connectivity index (χ1n) is 11.8. The summed E-state index contributed by atoms with van der Waals surface area (Å²) in [5.74, 6) is 0.357. The smallest absolute Gasteiger partial charge is 0.434 e. The molecule has 8 nitrogen and oxygen atoms in total. The average Bonchev–Trinajstić information content (AvgIpc) is 2.84. The molecule has 2 unspecified atom stereocenters. The summed E-state index contributed by atoms with van der Waals surface area (Å²) >= 11 is 0. The predicted molar refractivity (Wildman–Crippen MR) is 121 cm³/mol. The van der Waals surface area contributed by atoms with Gasteiger partial charge in [-0.25, -0.2) is 14.8 Å². The zero-order chi connectivity index (χ0) is 24.4. The lowest BCUT2D eigenvalue weighted by Crippen LogP contribution is -2.66. The standard InChI is InChI=1S/C24H28F3N5O3/c25-24(26,27)21-10-29-22(11-28-21)32-18-13-31(14-19(32)16-34-15-18)23(33)35-20-6-8-30(9-7-20)12-17-4-2-1-3-5-17/h1-5,10-11,18-20H,6-9,12-16H2. The van der Waals surface area contributed by atoms with E-state index in [4.69, 9.17) is 9.47 Å². The van der Waals surface area contributed by atoms with Gasteiger partial charge in [0.2, 0.25) is 0 Å². The molecule has 2 bridgehead atoms. The number of alkyl halides is 3. The van der Waals surface area contributed by atoms with E-state index in [9.17, 15) is 18.0 Å². The molecule has 0 saturated carbocycles. The Morgan fingerprint density at radius 3 is 2.31 bits per heavy atom. The Kier molecular flexibility index (Phi) is 6.79. The maximum Gasteiger partial charge on any atom is 0.434 e. The summed E-state index contributed by atoms with van der Waals surface area (Å²) in [6.45, 7) is 4.02. The first-order valence-corrected chi connectivity index (χ1v) is 11.8. The van der Waals surface area contributed by atoms with Crippen molar-refractivity contribution in [2.75, 3.05) is 44.3 Å². The molecule has 1 aromatic carbocycles. The Bertz CT molecular complexity index is 986. The third kappa shape index (κ3) is 5.51. The number of nitrogens with zero attached hydrogens (tertiary/aromatic N) is 5. The van der Waals surface area contributed by atoms with Gasteiger partial charge in [0.15, 0.2) is 5.69 Å². The Morgan fingerprint density at radius 2 is 1.71 bits per heavy atom. The number of fused-ring (bicyclic) bond motifs is 2. The normalized spacial score (nSPS) is 23.9. The summed E-state index contributed by atoms with van der Waals surface area (Å²) < 4.78 is 50.0. The fourth-order valence-corrected chi connectivity index (χ4v) is 5.03. The number of amides is 1. The maximum atomic E-state index is 12.9. The zero-order valence-corrected chi connectivity index (χ0v) is 19.2. The molecule has 11 heteroatoms. The number of morpholine rings is 1. The Labute approximate surface area is 201 Å². The number of carbonyl (C=O) groups excluding carboxylic acids is 1. The van der Waals surface area contributed by atoms with Gasteiger partial charge in [-0.2, -0.15) is 13.2 Å². The van der Waals surface area contributed by atoms with Gasteiger partial charge >= 0.3 is 12.3 Å². The Morgan fingerprint density at radius 1 is 1.03 bits per heavy atom. The molecule has 3 saturated heterocycles. The first kappa shape index (κ1) is 23.8. The van der Waals surface area contributed by atoms with Crippen LogP contribution >= 0.6 is 0 Å². The number of carbonyl (C=O) groups is 1. The van der Waals surface area contributed by atoms with Crippen molar-refractivity contribution in [2.45, 2.75) is 43.8 Å². The molecule has 0 radical (unpaired) electrons. The van der Waals surface area contributed by atoms with Gasteiger partial charge < -0.3 is 19.3 Å². The van der Waals surface area contributed by atoms with E-state index < -0.39 is 11.9 Å². The van der Waals surface area contributed by atoms with Crippen LogP contribution in [0.2, 0.25) is 0 Å². The van der Waals surface area contributed by atoms with E-state index in [2.05, 4.69) is 27.0 Å². The van der Waals surface area contributed by atoms with Crippen molar-refractivity contribution in [3.8, 4) is 0 Å². The van der Waals surface area contributed by atoms with Crippen molar-refractivity contribution in [3.63, 3.8) is 0 Å². The van der Waals surface area contributed by atoms with Crippen LogP contribution in [-0.4, -0.2) is 83.4 Å². The molecule has 2 atom stereocenters. The van der Waals surface area contributed by atoms with Gasteiger partial charge in [-0.3, -0.25) is 4.90 Å². The topological polar surface area (TPSA) is 71.0 Å². The minimum atomic E-state index is -4.54. The quantitative estimate of drug-likeness (QED) is 0.651. The SMILES string of the molecule is O=C(OC1CCN(Cc2ccccc2)CC1)N1CC2COCC(C1)N2c1cnc(C(F)(F)F)cn1. The molecule has 188 valence electrons. The fraction of sp³-hybridized carbons (Fsp3) is 0.542. The highest BCUT2D eigenvalue weighted by molar-refractivity contribution is 5.68. The Hall–Kier alpha value is -2.92. The monoisotopic (exact) mass is 491 g/mol. The van der Waals surface area contributed by atoms with Crippen molar-refractivity contribution < 1.29 is 27.4 Å². The zero-order valence-electron chi connectivity index (χ0n) is 19.2. The number of anilines is 1. The van der Waals surface area contributed by atoms with E-state index in [0.29, 0.717) is 32.1 Å². The number of likely N-dealkylation sites (tertiary alicyclic amines) is 1. The van der Waals surface area contributed by atoms with Gasteiger partial charge in [0, 0.05) is 32.7 Å². The van der Waals surface area contributed by atoms with Gasteiger partial charge in [0.25, 0.3) is 0 Å². The molecular formula is C24H28F3N5O3. The largest absolute Gasteiger partial charge is 0.446 e. The molecule has 0 N–H and O–H groups in total. The molecule has 1 aromatic heterocycles. The van der Waals surface area contributed by atoms with Gasteiger partial charge in [-0.05, 0) is 18.4 Å². The van der Waals surface area contributed by atoms with E-state index in [1.807, 2.05) is 23.1 Å². The van der Waals surface area contributed by atoms with Gasteiger partial charge in [0.05, 0.1) is 37.7 Å². The summed E-state index contributed by atoms with van der Waals surface area (Å²) in [6, 6.07) is 9.85. The van der Waals surface area contributed by atoms with Gasteiger partial charge in [-0.15, -0.1) is 0 Å². The van der Waals surface area contributed by atoms with Crippen LogP contribution in [0.4, 0.5) is 23.8 Å². The summed E-state index contributed by atoms with van der Waals surface area (Å²) in [5.41, 5.74) is 0.243. The Balaban J connectivity index is 1.15. The van der Waals surface area contributed by atoms with Crippen molar-refractivity contribution >= 4 is 11.9 Å². The van der Waals surface area contributed by atoms with Crippen molar-refractivity contribution in [3.05, 3.63) is 54.0 Å². The molecule has 2 aromatic rings. The van der Waals surface area contributed by atoms with Crippen LogP contribution in [0.25, 0.3) is 0 Å². The van der Waals surface area contributed by atoms with Crippen molar-refractivity contribution in [1.82, 2.24) is 19.8 Å². The van der Waals surface area contributed by atoms with Crippen LogP contribution in [0, 0.1) is 0 Å². The number of benzene rings is 1. The van der Waals surface area contributed by atoms with Crippen LogP contribution < -0.4 is 4.90 Å². The van der Waals surface area contributed by atoms with Crippen LogP contribution in [0.1, 0.15) is 24.1 Å². The predicted octanol–water partition coefficient (Wildman–Crippen LogP) is 3.19. The van der Waals surface area contributed by atoms with Gasteiger partial charge in [0.1, 0.15) is 11.9 Å². The number of halogens is 3. The summed E-state index contributed by atoms with van der Waals surface area (Å²) in [6.07, 6.45) is -1.54. The molecule has 4 heterocycles. The molecule has 1 amide bonds. The molecule has 0 spiro atoms. The van der Waals surface area contributed by atoms with E-state index in [1.54, 1.807) is 4.90 Å². The van der Waals surface area contributed by atoms with Gasteiger partial charge in [-0.1, -0.05) is 30.3 Å². The van der Waals surface area contributed by atoms with E-state index in [1.165, 1.54) is 5.56 Å². The molecule has 3 fully saturated rings. The number of aromatic nitrogens is 2. The number of hydrogen-bond donors (Lipinski definition) is 0. The maximum absolute atomic E-state index is 12.9. The molecule has 3 aliphatic heterocycles. The summed E-state index contributed by atoms with van der Waals surface area (Å²) in [5, 5.41) is 0. The molecule has 5 rings (SSSR count). The summed E-state index contributed by atoms with van der Waals surface area (Å²) in [4.78, 5) is 26.5. The number of ether oxygens (including phenoxy) is 2. The van der Waals surface area contributed by atoms with E-state index in [0.717, 1.165) is 44.9 Å². The molecule has 0 aliphatic carbocycles. The minimum absolute atomic E-state index is 0.121. The highest BCUT2D eigenvalue weighted by Gasteiger charge is 2.42. The van der Waals surface area contributed by atoms with Crippen molar-refractivity contribution in [2.24, 2.45) is 0 Å². The number of hydrogen-bond acceptors (Lipinski definition) is 7. The third-order valence-electron chi connectivity index (χ3n) is 6.77. The van der Waals surface area contributed by atoms with Crippen LogP contribution in [0.5, 0.6) is 0 Å². The number of piperazine rings is 1. The molecule has 35 heavy (non-hydrogen) atoms. The van der Waals surface area contributed by atoms with E-state index >= 15 is 0 Å². The second-order valence-electron chi connectivity index (χ2n) is 9.26. The molecular weight excluding hydrogens is 463 g/mol. The second kappa shape index (κ2) is 9.98. The van der Waals surface area contributed by atoms with E-state index in [-0.39, 0.29) is 24.3 Å². The average molecular weight is 492 g/mol. The van der Waals surface area contributed by atoms with Crippen LogP contribution in [0.3, 0.4) is 0 Å². The van der Waals surface area contributed by atoms with Crippen LogP contribution in [0.15, 0.2) is 42.7 Å². The molecule has 3 aliphatic rings. The lowest BCUT2D eigenvalue weighted by molar-refractivity contribution is -0.141. The highest BCUT2D eigenvalue weighted by atomic mass is 19.4. The fourth-order valence-electron chi connectivity index (χ4n) is 5.03. The highest BCUT2D eigenvalue weighted by Crippen LogP contribution is 2.30.